The van der Waals surface area contributed by atoms with Gasteiger partial charge in [-0.1, -0.05) is 91.0 Å². The van der Waals surface area contributed by atoms with Gasteiger partial charge >= 0.3 is 0 Å². The van der Waals surface area contributed by atoms with E-state index in [1.54, 1.807) is 0 Å². The molecule has 260 valence electrons. The average molecular weight is 719 g/mol. The van der Waals surface area contributed by atoms with E-state index < -0.39 is 0 Å². The maximum atomic E-state index is 6.98. The zero-order chi connectivity index (χ0) is 36.5. The van der Waals surface area contributed by atoms with Gasteiger partial charge in [0.15, 0.2) is 11.5 Å². The minimum Gasteiger partial charge on any atom is -0.458 e. The Morgan fingerprint density at radius 2 is 0.696 bits per heavy atom. The van der Waals surface area contributed by atoms with Crippen LogP contribution in [0.2, 0.25) is 0 Å². The quantitative estimate of drug-likeness (QED) is 0.168. The van der Waals surface area contributed by atoms with Gasteiger partial charge in [0, 0.05) is 23.1 Å². The van der Waals surface area contributed by atoms with Crippen molar-refractivity contribution in [3.05, 3.63) is 164 Å². The highest BCUT2D eigenvalue weighted by molar-refractivity contribution is 6.99. The molecule has 56 heavy (non-hydrogen) atoms. The third-order valence-electron chi connectivity index (χ3n) is 11.7. The Labute approximate surface area is 323 Å². The Kier molecular flexibility index (Phi) is 5.97. The number of nitrogens with zero attached hydrogens (tertiary/aromatic N) is 1. The molecule has 5 heterocycles. The Morgan fingerprint density at radius 3 is 1.27 bits per heavy atom. The number of benzene rings is 8. The molecule has 8 heteroatoms. The lowest BCUT2D eigenvalue weighted by atomic mass is 9.34. The summed E-state index contributed by atoms with van der Waals surface area (Å²) < 4.78 is 33.0. The number of anilines is 3. The summed E-state index contributed by atoms with van der Waals surface area (Å²) in [5.74, 6) is 8.18. The maximum Gasteiger partial charge on any atom is 0.260 e. The van der Waals surface area contributed by atoms with Crippen molar-refractivity contribution >= 4 is 63.3 Å². The molecule has 0 radical (unpaired) electrons. The van der Waals surface area contributed by atoms with E-state index in [9.17, 15) is 0 Å². The van der Waals surface area contributed by atoms with Gasteiger partial charge in [-0.2, -0.15) is 0 Å². The van der Waals surface area contributed by atoms with Crippen molar-refractivity contribution in [2.24, 2.45) is 0 Å². The van der Waals surface area contributed by atoms with Crippen molar-refractivity contribution in [2.45, 2.75) is 0 Å². The molecule has 0 amide bonds. The predicted octanol–water partition coefficient (Wildman–Crippen LogP) is 8.38. The molecule has 0 N–H and O–H groups in total. The van der Waals surface area contributed by atoms with E-state index in [0.717, 1.165) is 118 Å². The largest absolute Gasteiger partial charge is 0.458 e. The minimum absolute atomic E-state index is 0.0229. The number of hydrogen-bond donors (Lipinski definition) is 0. The van der Waals surface area contributed by atoms with Crippen LogP contribution in [0.4, 0.5) is 17.1 Å². The van der Waals surface area contributed by atoms with E-state index in [0.29, 0.717) is 0 Å². The van der Waals surface area contributed by atoms with Crippen LogP contribution in [0.5, 0.6) is 57.5 Å². The van der Waals surface area contributed by atoms with Crippen LogP contribution in [-0.4, -0.2) is 13.4 Å². The number of fused-ring (bicyclic) bond motifs is 10. The molecule has 0 unspecified atom stereocenters. The third kappa shape index (κ3) is 4.18. The van der Waals surface area contributed by atoms with Crippen LogP contribution >= 0.6 is 0 Å². The number of rotatable bonds is 2. The minimum atomic E-state index is -0.0628. The number of para-hydroxylation sites is 6. The maximum absolute atomic E-state index is 6.98. The SMILES string of the molecule is c1ccc2c(c1)Oc1cccc3c1B2c1ccc(-c2ccc4c(c2)Oc2cc(N5c6ccccc6Oc6ccccc65)cc5c2B4c2ccccc2O5)cc1O3. The molecule has 5 aliphatic rings. The van der Waals surface area contributed by atoms with Crippen LogP contribution in [0.25, 0.3) is 11.1 Å². The Bertz CT molecular complexity index is 2970. The molecule has 0 spiro atoms. The Morgan fingerprint density at radius 1 is 0.304 bits per heavy atom. The zero-order valence-corrected chi connectivity index (χ0v) is 29.7. The molecule has 6 nitrogen and oxygen atoms in total. The van der Waals surface area contributed by atoms with Gasteiger partial charge in [0.05, 0.1) is 17.1 Å². The fraction of sp³-hybridized carbons (Fsp3) is 0. The van der Waals surface area contributed by atoms with Gasteiger partial charge < -0.3 is 28.6 Å². The van der Waals surface area contributed by atoms with Gasteiger partial charge in [-0.25, -0.2) is 0 Å². The summed E-state index contributed by atoms with van der Waals surface area (Å²) in [7, 11) is 0. The van der Waals surface area contributed by atoms with Crippen molar-refractivity contribution < 1.29 is 23.7 Å². The van der Waals surface area contributed by atoms with Gasteiger partial charge in [0.2, 0.25) is 0 Å². The topological polar surface area (TPSA) is 49.4 Å². The molecular formula is C48H27B2NO5. The van der Waals surface area contributed by atoms with Gasteiger partial charge in [-0.15, -0.1) is 0 Å². The summed E-state index contributed by atoms with van der Waals surface area (Å²) in [5.41, 5.74) is 11.5. The van der Waals surface area contributed by atoms with Crippen molar-refractivity contribution in [1.82, 2.24) is 0 Å². The molecule has 13 rings (SSSR count). The lowest BCUT2D eigenvalue weighted by molar-refractivity contribution is 0.463. The molecule has 8 aromatic rings. The normalized spacial score (nSPS) is 14.0. The second-order valence-corrected chi connectivity index (χ2v) is 14.8. The van der Waals surface area contributed by atoms with E-state index in [1.807, 2.05) is 72.8 Å². The van der Waals surface area contributed by atoms with E-state index in [2.05, 4.69) is 95.9 Å². The lowest BCUT2D eigenvalue weighted by Gasteiger charge is -2.36. The monoisotopic (exact) mass is 719 g/mol. The van der Waals surface area contributed by atoms with Crippen LogP contribution in [-0.2, 0) is 0 Å². The first kappa shape index (κ1) is 30.1. The van der Waals surface area contributed by atoms with E-state index in [4.69, 9.17) is 23.7 Å². The third-order valence-corrected chi connectivity index (χ3v) is 11.7. The summed E-state index contributed by atoms with van der Waals surface area (Å²) in [6.07, 6.45) is 0. The predicted molar refractivity (Wildman–Crippen MR) is 222 cm³/mol. The molecule has 0 aromatic heterocycles. The van der Waals surface area contributed by atoms with Gasteiger partial charge in [0.1, 0.15) is 46.0 Å². The molecule has 0 saturated carbocycles. The van der Waals surface area contributed by atoms with E-state index in [1.165, 1.54) is 0 Å². The summed E-state index contributed by atoms with van der Waals surface area (Å²) in [6, 6.07) is 56.3. The van der Waals surface area contributed by atoms with Crippen molar-refractivity contribution in [2.75, 3.05) is 4.90 Å². The van der Waals surface area contributed by atoms with Gasteiger partial charge in [0.25, 0.3) is 13.4 Å². The van der Waals surface area contributed by atoms with Crippen molar-refractivity contribution in [3.8, 4) is 68.6 Å². The summed E-state index contributed by atoms with van der Waals surface area (Å²) in [4.78, 5) is 2.23. The average Bonchev–Trinajstić information content (AvgIpc) is 3.24. The molecule has 0 atom stereocenters. The number of hydrogen-bond acceptors (Lipinski definition) is 6. The van der Waals surface area contributed by atoms with E-state index in [-0.39, 0.29) is 13.4 Å². The van der Waals surface area contributed by atoms with Gasteiger partial charge in [-0.05, 0) is 93.6 Å². The summed E-state index contributed by atoms with van der Waals surface area (Å²) in [5, 5.41) is 0. The van der Waals surface area contributed by atoms with E-state index >= 15 is 0 Å². The number of ether oxygens (including phenoxy) is 5. The first-order valence-electron chi connectivity index (χ1n) is 18.9. The van der Waals surface area contributed by atoms with Crippen LogP contribution in [0.3, 0.4) is 0 Å². The second kappa shape index (κ2) is 11.1. The summed E-state index contributed by atoms with van der Waals surface area (Å²) in [6.45, 7) is -0.0399. The van der Waals surface area contributed by atoms with Crippen LogP contribution in [0.15, 0.2) is 164 Å². The zero-order valence-electron chi connectivity index (χ0n) is 29.7. The second-order valence-electron chi connectivity index (χ2n) is 14.8. The highest BCUT2D eigenvalue weighted by Crippen LogP contribution is 2.52. The molecule has 8 aromatic carbocycles. The standard InChI is InChI=1S/C48H27B2NO5/c1-5-14-37-31(10-1)49-33-22-20-28(24-43(33)55-42-19-9-18-41(52-37)47(42)49)29-21-23-34-44(25-29)56-46-27-30(26-45-48(46)50(34)32-11-2-6-15-38(32)53-45)51-35-12-3-7-16-39(35)54-40-17-8-4-13-36(40)51/h1-27H. The fourth-order valence-corrected chi connectivity index (χ4v) is 9.28. The smallest absolute Gasteiger partial charge is 0.260 e. The van der Waals surface area contributed by atoms with Crippen LogP contribution < -0.4 is 61.4 Å². The lowest BCUT2D eigenvalue weighted by Crippen LogP contribution is -2.57. The highest BCUT2D eigenvalue weighted by Gasteiger charge is 2.42. The molecule has 5 aliphatic heterocycles. The van der Waals surface area contributed by atoms with Crippen LogP contribution in [0, 0.1) is 0 Å². The molecular weight excluding hydrogens is 692 g/mol. The van der Waals surface area contributed by atoms with Crippen molar-refractivity contribution in [1.29, 1.82) is 0 Å². The van der Waals surface area contributed by atoms with Crippen LogP contribution in [0.1, 0.15) is 0 Å². The highest BCUT2D eigenvalue weighted by atomic mass is 16.5. The Balaban J connectivity index is 0.944. The summed E-state index contributed by atoms with van der Waals surface area (Å²) >= 11 is 0. The molecule has 0 saturated heterocycles. The molecule has 0 bridgehead atoms. The van der Waals surface area contributed by atoms with Crippen molar-refractivity contribution in [3.63, 3.8) is 0 Å². The Hall–Kier alpha value is -7.31. The first-order valence-corrected chi connectivity index (χ1v) is 18.9. The first-order chi connectivity index (χ1) is 27.7. The van der Waals surface area contributed by atoms with Gasteiger partial charge in [-0.3, -0.25) is 0 Å². The molecule has 0 fully saturated rings. The molecule has 0 aliphatic carbocycles. The fourth-order valence-electron chi connectivity index (χ4n) is 9.28.